The highest BCUT2D eigenvalue weighted by molar-refractivity contribution is 7.13. The molecule has 10 heteroatoms. The van der Waals surface area contributed by atoms with E-state index in [1.54, 1.807) is 36.6 Å². The van der Waals surface area contributed by atoms with E-state index < -0.39 is 6.04 Å². The molecule has 2 aliphatic rings. The number of carbonyl (C=O) groups is 1. The van der Waals surface area contributed by atoms with Gasteiger partial charge >= 0.3 is 0 Å². The summed E-state index contributed by atoms with van der Waals surface area (Å²) in [5.41, 5.74) is 0.666. The Bertz CT molecular complexity index is 1060. The first-order valence-corrected chi connectivity index (χ1v) is 10.1. The minimum atomic E-state index is -0.497. The van der Waals surface area contributed by atoms with Crippen molar-refractivity contribution in [3.05, 3.63) is 42.8 Å². The van der Waals surface area contributed by atoms with Crippen LogP contribution in [0.25, 0.3) is 16.8 Å². The van der Waals surface area contributed by atoms with Crippen molar-refractivity contribution in [3.8, 4) is 16.8 Å². The van der Waals surface area contributed by atoms with Gasteiger partial charge in [-0.15, -0.1) is 17.9 Å². The molecule has 3 aromatic heterocycles. The maximum absolute atomic E-state index is 12.9. The molecule has 5 rings (SSSR count). The molecule has 9 nitrogen and oxygen atoms in total. The summed E-state index contributed by atoms with van der Waals surface area (Å²) in [7, 11) is 1.74. The number of hydrogen-bond donors (Lipinski definition) is 0. The van der Waals surface area contributed by atoms with Gasteiger partial charge in [-0.3, -0.25) is 9.36 Å². The quantitative estimate of drug-likeness (QED) is 0.608. The number of hydrogen-bond acceptors (Lipinski definition) is 8. The Balaban J connectivity index is 1.65. The molecular formula is C19H19N7O2S. The molecule has 0 aromatic carbocycles. The molecular weight excluding hydrogens is 390 g/mol. The number of fused-ring (bicyclic) bond motifs is 1. The Labute approximate surface area is 171 Å². The first-order chi connectivity index (χ1) is 14.2. The van der Waals surface area contributed by atoms with Gasteiger partial charge in [0.05, 0.1) is 18.8 Å². The molecule has 0 spiro atoms. The minimum Gasteiger partial charge on any atom is -0.379 e. The molecule has 0 bridgehead atoms. The van der Waals surface area contributed by atoms with Crippen molar-refractivity contribution >= 4 is 28.7 Å². The lowest BCUT2D eigenvalue weighted by atomic mass is 10.1. The molecule has 0 radical (unpaired) electrons. The number of likely N-dealkylation sites (N-methyl/N-ethyl adjacent to an activating group) is 1. The third kappa shape index (κ3) is 2.83. The van der Waals surface area contributed by atoms with E-state index in [4.69, 9.17) is 9.72 Å². The van der Waals surface area contributed by atoms with E-state index in [9.17, 15) is 4.79 Å². The van der Waals surface area contributed by atoms with Crippen LogP contribution in [0.2, 0.25) is 0 Å². The van der Waals surface area contributed by atoms with Crippen molar-refractivity contribution < 1.29 is 9.53 Å². The number of nitrogens with zero attached hydrogens (tertiary/aromatic N) is 7. The zero-order chi connectivity index (χ0) is 20.0. The van der Waals surface area contributed by atoms with Crippen LogP contribution in [0.5, 0.6) is 0 Å². The van der Waals surface area contributed by atoms with Gasteiger partial charge < -0.3 is 14.5 Å². The van der Waals surface area contributed by atoms with Gasteiger partial charge in [-0.2, -0.15) is 4.98 Å². The smallest absolute Gasteiger partial charge is 0.253 e. The van der Waals surface area contributed by atoms with E-state index >= 15 is 0 Å². The number of amides is 1. The van der Waals surface area contributed by atoms with Crippen molar-refractivity contribution in [2.75, 3.05) is 30.1 Å². The molecule has 3 aromatic rings. The maximum atomic E-state index is 12.9. The maximum Gasteiger partial charge on any atom is 0.253 e. The van der Waals surface area contributed by atoms with E-state index in [-0.39, 0.29) is 11.9 Å². The zero-order valence-corrected chi connectivity index (χ0v) is 16.6. The van der Waals surface area contributed by atoms with Crippen LogP contribution in [0, 0.1) is 0 Å². The second-order valence-corrected chi connectivity index (χ2v) is 7.73. The summed E-state index contributed by atoms with van der Waals surface area (Å²) in [6.07, 6.45) is 9.43. The third-order valence-electron chi connectivity index (χ3n) is 5.23. The molecule has 0 saturated carbocycles. The van der Waals surface area contributed by atoms with Gasteiger partial charge in [0.25, 0.3) is 5.91 Å². The number of ether oxygens (including phenoxy) is 1. The lowest BCUT2D eigenvalue weighted by molar-refractivity contribution is -0.119. The second-order valence-electron chi connectivity index (χ2n) is 6.84. The molecule has 29 heavy (non-hydrogen) atoms. The van der Waals surface area contributed by atoms with E-state index in [1.165, 1.54) is 11.3 Å². The predicted molar refractivity (Wildman–Crippen MR) is 109 cm³/mol. The van der Waals surface area contributed by atoms with E-state index in [0.717, 1.165) is 11.4 Å². The van der Waals surface area contributed by atoms with E-state index in [2.05, 4.69) is 21.5 Å². The number of aromatic nitrogens is 5. The number of imidazole rings is 1. The Morgan fingerprint density at radius 2 is 2.21 bits per heavy atom. The van der Waals surface area contributed by atoms with Crippen molar-refractivity contribution in [3.63, 3.8) is 0 Å². The molecule has 1 amide bonds. The van der Waals surface area contributed by atoms with Gasteiger partial charge in [0.1, 0.15) is 11.7 Å². The summed E-state index contributed by atoms with van der Waals surface area (Å²) in [5.74, 6) is 1.79. The Morgan fingerprint density at radius 3 is 2.93 bits per heavy atom. The van der Waals surface area contributed by atoms with Crippen LogP contribution in [0.15, 0.2) is 42.8 Å². The summed E-state index contributed by atoms with van der Waals surface area (Å²) in [5, 5.41) is 2.69. The molecule has 1 saturated heterocycles. The van der Waals surface area contributed by atoms with Gasteiger partial charge in [0.15, 0.2) is 16.6 Å². The highest BCUT2D eigenvalue weighted by Gasteiger charge is 2.41. The van der Waals surface area contributed by atoms with Crippen LogP contribution in [0.3, 0.4) is 0 Å². The third-order valence-corrected chi connectivity index (χ3v) is 6.00. The summed E-state index contributed by atoms with van der Waals surface area (Å²) in [4.78, 5) is 34.6. The normalized spacial score (nSPS) is 21.5. The molecule has 0 aliphatic carbocycles. The number of carbonyl (C=O) groups excluding carboxylic acids is 1. The molecule has 2 atom stereocenters. The van der Waals surface area contributed by atoms with Crippen LogP contribution in [0.1, 0.15) is 6.42 Å². The zero-order valence-electron chi connectivity index (χ0n) is 15.8. The van der Waals surface area contributed by atoms with Gasteiger partial charge in [0.2, 0.25) is 5.95 Å². The summed E-state index contributed by atoms with van der Waals surface area (Å²) >= 11 is 1.50. The van der Waals surface area contributed by atoms with Crippen molar-refractivity contribution in [2.45, 2.75) is 18.5 Å². The highest BCUT2D eigenvalue weighted by atomic mass is 32.1. The van der Waals surface area contributed by atoms with Crippen molar-refractivity contribution in [1.29, 1.82) is 0 Å². The Morgan fingerprint density at radius 1 is 1.31 bits per heavy atom. The summed E-state index contributed by atoms with van der Waals surface area (Å²) in [6, 6.07) is -0.443. The van der Waals surface area contributed by atoms with Gasteiger partial charge in [-0.05, 0) is 6.42 Å². The van der Waals surface area contributed by atoms with Gasteiger partial charge in [-0.25, -0.2) is 15.0 Å². The van der Waals surface area contributed by atoms with Crippen LogP contribution < -0.4 is 9.80 Å². The van der Waals surface area contributed by atoms with Crippen LogP contribution in [-0.4, -0.2) is 62.8 Å². The number of rotatable bonds is 4. The van der Waals surface area contributed by atoms with Crippen LogP contribution in [0.4, 0.5) is 11.5 Å². The fourth-order valence-electron chi connectivity index (χ4n) is 3.78. The average molecular weight is 409 g/mol. The van der Waals surface area contributed by atoms with Crippen molar-refractivity contribution in [2.24, 2.45) is 0 Å². The van der Waals surface area contributed by atoms with Gasteiger partial charge in [0, 0.05) is 37.6 Å². The largest absolute Gasteiger partial charge is 0.379 e. The van der Waals surface area contributed by atoms with Crippen LogP contribution in [-0.2, 0) is 9.53 Å². The van der Waals surface area contributed by atoms with Crippen molar-refractivity contribution in [1.82, 2.24) is 24.5 Å². The van der Waals surface area contributed by atoms with E-state index in [0.29, 0.717) is 36.5 Å². The lowest BCUT2D eigenvalue weighted by Gasteiger charge is -2.42. The predicted octanol–water partition coefficient (Wildman–Crippen LogP) is 1.91. The summed E-state index contributed by atoms with van der Waals surface area (Å²) < 4.78 is 7.39. The highest BCUT2D eigenvalue weighted by Crippen LogP contribution is 2.37. The molecule has 0 N–H and O–H groups in total. The molecule has 2 aliphatic heterocycles. The molecule has 1 unspecified atom stereocenters. The van der Waals surface area contributed by atoms with E-state index in [1.807, 2.05) is 21.0 Å². The standard InChI is InChI=1S/C19H19N7O2S/c1-3-13-18(27)24(2)14-10-22-19(23-15(14)26(13)12-4-8-28-11-12)25-7-5-20-16(25)17-21-6-9-29-17/h3,5-7,9-10,12-13H,1,4,8,11H2,2H3/t12?,13-/m1/s1. The first kappa shape index (κ1) is 18.0. The van der Waals surface area contributed by atoms with Crippen LogP contribution >= 0.6 is 11.3 Å². The average Bonchev–Trinajstić information content (AvgIpc) is 3.51. The molecule has 5 heterocycles. The molecule has 148 valence electrons. The molecule has 1 fully saturated rings. The first-order valence-electron chi connectivity index (χ1n) is 9.26. The Hall–Kier alpha value is -3.11. The SMILES string of the molecule is C=C[C@@H]1C(=O)N(C)c2cnc(-n3ccnc3-c3nccs3)nc2N1C1CCOC1. The summed E-state index contributed by atoms with van der Waals surface area (Å²) in [6.45, 7) is 5.10. The minimum absolute atomic E-state index is 0.0538. The second kappa shape index (κ2) is 7.05. The van der Waals surface area contributed by atoms with Gasteiger partial charge in [-0.1, -0.05) is 6.08 Å². The number of thiazole rings is 1. The number of anilines is 2. The fraction of sp³-hybridized carbons (Fsp3) is 0.316. The monoisotopic (exact) mass is 409 g/mol. The fourth-order valence-corrected chi connectivity index (χ4v) is 4.41. The lowest BCUT2D eigenvalue weighted by Crippen LogP contribution is -2.55. The Kier molecular flexibility index (Phi) is 4.36. The topological polar surface area (TPSA) is 89.3 Å².